The van der Waals surface area contributed by atoms with E-state index in [1.807, 2.05) is 6.07 Å². The summed E-state index contributed by atoms with van der Waals surface area (Å²) in [7, 11) is 0. The Morgan fingerprint density at radius 1 is 1.39 bits per heavy atom. The first-order valence-electron chi connectivity index (χ1n) is 8.12. The number of ether oxygens (including phenoxy) is 1. The van der Waals surface area contributed by atoms with E-state index < -0.39 is 36.3 Å². The van der Waals surface area contributed by atoms with Gasteiger partial charge in [-0.3, -0.25) is 4.79 Å². The van der Waals surface area contributed by atoms with Crippen molar-refractivity contribution in [3.63, 3.8) is 0 Å². The number of halogens is 3. The van der Waals surface area contributed by atoms with E-state index in [0.717, 1.165) is 0 Å². The zero-order chi connectivity index (χ0) is 20.3. The molecule has 2 aromatic rings. The highest BCUT2D eigenvalue weighted by molar-refractivity contribution is 6.02. The van der Waals surface area contributed by atoms with Crippen LogP contribution in [-0.4, -0.2) is 29.6 Å². The second kappa shape index (κ2) is 7.96. The van der Waals surface area contributed by atoms with E-state index in [1.165, 1.54) is 36.5 Å². The zero-order valence-electron chi connectivity index (χ0n) is 14.3. The molecule has 0 aliphatic heterocycles. The van der Waals surface area contributed by atoms with Crippen LogP contribution in [0.1, 0.15) is 34.0 Å². The van der Waals surface area contributed by atoms with Crippen LogP contribution >= 0.6 is 0 Å². The molecule has 7 nitrogen and oxygen atoms in total. The summed E-state index contributed by atoms with van der Waals surface area (Å²) in [6.07, 6.45) is 1.08. The van der Waals surface area contributed by atoms with Gasteiger partial charge in [-0.2, -0.15) is 19.0 Å². The highest BCUT2D eigenvalue weighted by atomic mass is 19.3. The number of alkyl halides is 2. The number of nitrogens with zero attached hydrogens (tertiary/aromatic N) is 3. The van der Waals surface area contributed by atoms with Crippen molar-refractivity contribution < 1.29 is 22.7 Å². The smallest absolute Gasteiger partial charge is 0.336 e. The van der Waals surface area contributed by atoms with Crippen LogP contribution in [0.25, 0.3) is 0 Å². The molecule has 1 fully saturated rings. The normalized spacial score (nSPS) is 18.5. The number of amides is 1. The van der Waals surface area contributed by atoms with Gasteiger partial charge in [0, 0.05) is 17.8 Å². The number of rotatable bonds is 5. The standard InChI is InChI=1S/C18H14F3N5O2/c19-13-3-2-10(25-16(27)14-4-1-9(7-22)8-24-14)5-11(13)12-6-15(12)28-18(23)26-17(20)21/h1-5,8,12,15,17H,6H2,(H2,23,26)(H,25,27)/t12-,15-/m1/s1. The van der Waals surface area contributed by atoms with E-state index in [-0.39, 0.29) is 11.3 Å². The van der Waals surface area contributed by atoms with Gasteiger partial charge in [-0.05, 0) is 42.3 Å². The first-order valence-corrected chi connectivity index (χ1v) is 8.12. The first-order chi connectivity index (χ1) is 13.4. The minimum absolute atomic E-state index is 0.0912. The van der Waals surface area contributed by atoms with E-state index in [1.54, 1.807) is 0 Å². The van der Waals surface area contributed by atoms with Crippen molar-refractivity contribution in [3.05, 3.63) is 59.2 Å². The largest absolute Gasteiger partial charge is 0.461 e. The van der Waals surface area contributed by atoms with E-state index in [0.29, 0.717) is 17.7 Å². The summed E-state index contributed by atoms with van der Waals surface area (Å²) in [4.78, 5) is 18.9. The molecule has 1 aromatic heterocycles. The lowest BCUT2D eigenvalue weighted by Crippen LogP contribution is -2.19. The number of nitrogens with two attached hydrogens (primary N) is 1. The van der Waals surface area contributed by atoms with E-state index in [2.05, 4.69) is 15.3 Å². The Labute approximate surface area is 157 Å². The number of hydrogen-bond donors (Lipinski definition) is 2. The summed E-state index contributed by atoms with van der Waals surface area (Å²) in [6.45, 7) is -2.98. The molecule has 28 heavy (non-hydrogen) atoms. The number of anilines is 1. The Morgan fingerprint density at radius 2 is 2.18 bits per heavy atom. The predicted molar refractivity (Wildman–Crippen MR) is 93.2 cm³/mol. The Hall–Kier alpha value is -3.61. The van der Waals surface area contributed by atoms with Crippen LogP contribution in [0, 0.1) is 17.1 Å². The average molecular weight is 389 g/mol. The molecular weight excluding hydrogens is 375 g/mol. The van der Waals surface area contributed by atoms with Gasteiger partial charge in [0.25, 0.3) is 11.9 Å². The van der Waals surface area contributed by atoms with Gasteiger partial charge in [-0.25, -0.2) is 9.37 Å². The summed E-state index contributed by atoms with van der Waals surface area (Å²) in [5, 5.41) is 11.3. The Balaban J connectivity index is 1.68. The summed E-state index contributed by atoms with van der Waals surface area (Å²) in [6, 6.07) is 8.09. The quantitative estimate of drug-likeness (QED) is 0.464. The number of aliphatic imine (C=N–C) groups is 1. The minimum Gasteiger partial charge on any atom is -0.461 e. The number of benzene rings is 1. The summed E-state index contributed by atoms with van der Waals surface area (Å²) >= 11 is 0. The third-order valence-corrected chi connectivity index (χ3v) is 4.01. The molecule has 0 radical (unpaired) electrons. The fourth-order valence-corrected chi connectivity index (χ4v) is 2.61. The van der Waals surface area contributed by atoms with Crippen molar-refractivity contribution in [2.75, 3.05) is 5.32 Å². The van der Waals surface area contributed by atoms with E-state index >= 15 is 0 Å². The summed E-state index contributed by atoms with van der Waals surface area (Å²) < 4.78 is 43.5. The lowest BCUT2D eigenvalue weighted by atomic mass is 10.1. The molecule has 0 spiro atoms. The Morgan fingerprint density at radius 3 is 2.82 bits per heavy atom. The predicted octanol–water partition coefficient (Wildman–Crippen LogP) is 2.75. The van der Waals surface area contributed by atoms with Crippen molar-refractivity contribution in [1.29, 1.82) is 5.26 Å². The molecule has 1 heterocycles. The molecule has 3 rings (SSSR count). The lowest BCUT2D eigenvalue weighted by molar-refractivity contribution is 0.102. The molecule has 1 amide bonds. The van der Waals surface area contributed by atoms with Crippen LogP contribution in [0.2, 0.25) is 0 Å². The van der Waals surface area contributed by atoms with Crippen molar-refractivity contribution in [3.8, 4) is 6.07 Å². The van der Waals surface area contributed by atoms with Gasteiger partial charge >= 0.3 is 6.55 Å². The average Bonchev–Trinajstić information content (AvgIpc) is 3.41. The van der Waals surface area contributed by atoms with Gasteiger partial charge in [-0.15, -0.1) is 0 Å². The number of amidine groups is 1. The highest BCUT2D eigenvalue weighted by Gasteiger charge is 2.43. The molecular formula is C18H14F3N5O2. The topological polar surface area (TPSA) is 113 Å². The Bertz CT molecular complexity index is 957. The van der Waals surface area contributed by atoms with Gasteiger partial charge in [0.2, 0.25) is 0 Å². The van der Waals surface area contributed by atoms with Crippen LogP contribution in [0.15, 0.2) is 41.5 Å². The number of hydrogen-bond acceptors (Lipinski definition) is 5. The maximum Gasteiger partial charge on any atom is 0.336 e. The van der Waals surface area contributed by atoms with Gasteiger partial charge in [0.1, 0.15) is 23.7 Å². The molecule has 2 atom stereocenters. The van der Waals surface area contributed by atoms with E-state index in [4.69, 9.17) is 15.7 Å². The SMILES string of the molecule is N#Cc1ccc(C(=O)Nc2ccc(F)c([C@H]3C[C@H]3O/C(N)=N\C(F)F)c2)nc1. The second-order valence-electron chi connectivity index (χ2n) is 5.98. The van der Waals surface area contributed by atoms with Gasteiger partial charge in [0.15, 0.2) is 0 Å². The molecule has 1 aliphatic rings. The molecule has 0 saturated heterocycles. The number of carbonyl (C=O) groups excluding carboxylic acids is 1. The fraction of sp³-hybridized carbons (Fsp3) is 0.222. The lowest BCUT2D eigenvalue weighted by Gasteiger charge is -2.09. The molecule has 10 heteroatoms. The fourth-order valence-electron chi connectivity index (χ4n) is 2.61. The third-order valence-electron chi connectivity index (χ3n) is 4.01. The van der Waals surface area contributed by atoms with Crippen molar-refractivity contribution >= 4 is 17.6 Å². The van der Waals surface area contributed by atoms with Crippen LogP contribution in [0.5, 0.6) is 0 Å². The van der Waals surface area contributed by atoms with Crippen LogP contribution in [0.4, 0.5) is 18.9 Å². The monoisotopic (exact) mass is 389 g/mol. The number of pyridine rings is 1. The second-order valence-corrected chi connectivity index (χ2v) is 5.98. The van der Waals surface area contributed by atoms with Crippen LogP contribution in [0.3, 0.4) is 0 Å². The van der Waals surface area contributed by atoms with E-state index in [9.17, 15) is 18.0 Å². The number of carbonyl (C=O) groups is 1. The summed E-state index contributed by atoms with van der Waals surface area (Å²) in [5.74, 6) is -1.44. The van der Waals surface area contributed by atoms with Gasteiger partial charge in [0.05, 0.1) is 5.56 Å². The molecule has 144 valence electrons. The first kappa shape index (κ1) is 19.2. The van der Waals surface area contributed by atoms with Gasteiger partial charge in [-0.1, -0.05) is 0 Å². The van der Waals surface area contributed by atoms with Crippen LogP contribution in [-0.2, 0) is 4.74 Å². The maximum absolute atomic E-state index is 14.1. The number of nitriles is 1. The molecule has 1 aliphatic carbocycles. The molecule has 1 saturated carbocycles. The highest BCUT2D eigenvalue weighted by Crippen LogP contribution is 2.45. The zero-order valence-corrected chi connectivity index (χ0v) is 14.3. The molecule has 3 N–H and O–H groups in total. The Kier molecular flexibility index (Phi) is 5.44. The third kappa shape index (κ3) is 4.56. The number of aromatic nitrogens is 1. The maximum atomic E-state index is 14.1. The molecule has 1 aromatic carbocycles. The van der Waals surface area contributed by atoms with Crippen molar-refractivity contribution in [2.45, 2.75) is 25.0 Å². The minimum atomic E-state index is -2.98. The van der Waals surface area contributed by atoms with Crippen molar-refractivity contribution in [1.82, 2.24) is 4.98 Å². The van der Waals surface area contributed by atoms with Gasteiger partial charge < -0.3 is 15.8 Å². The number of nitrogens with one attached hydrogen (secondary N) is 1. The van der Waals surface area contributed by atoms with Crippen molar-refractivity contribution in [2.24, 2.45) is 10.7 Å². The molecule has 0 bridgehead atoms. The summed E-state index contributed by atoms with van der Waals surface area (Å²) in [5.41, 5.74) is 6.24. The molecule has 0 unspecified atom stereocenters. The van der Waals surface area contributed by atoms with Crippen LogP contribution < -0.4 is 11.1 Å².